The molecule has 6 nitrogen and oxygen atoms in total. The fourth-order valence-corrected chi connectivity index (χ4v) is 4.40. The summed E-state index contributed by atoms with van der Waals surface area (Å²) in [5.74, 6) is 0. The highest BCUT2D eigenvalue weighted by Crippen LogP contribution is 2.23. The molecule has 2 aromatic heterocycles. The van der Waals surface area contributed by atoms with Crippen molar-refractivity contribution in [1.82, 2.24) is 19.0 Å². The fraction of sp³-hybridized carbons (Fsp3) is 0.417. The lowest BCUT2D eigenvalue weighted by Crippen LogP contribution is -2.37. The topological polar surface area (TPSA) is 66.7 Å². The number of aromatic nitrogens is 2. The first kappa shape index (κ1) is 13.8. The van der Waals surface area contributed by atoms with Gasteiger partial charge in [0.2, 0.25) is 0 Å². The number of imidazole rings is 1. The second-order valence-corrected chi connectivity index (χ2v) is 6.99. The van der Waals surface area contributed by atoms with E-state index in [4.69, 9.17) is 11.6 Å². The second kappa shape index (κ2) is 5.00. The van der Waals surface area contributed by atoms with Gasteiger partial charge in [-0.25, -0.2) is 18.1 Å². The quantitative estimate of drug-likeness (QED) is 0.917. The van der Waals surface area contributed by atoms with Gasteiger partial charge < -0.3 is 4.90 Å². The number of halogens is 1. The maximum absolute atomic E-state index is 12.5. The lowest BCUT2D eigenvalue weighted by molar-refractivity contribution is 0.407. The lowest BCUT2D eigenvalue weighted by Gasteiger charge is -2.13. The predicted molar refractivity (Wildman–Crippen MR) is 76.4 cm³/mol. The van der Waals surface area contributed by atoms with E-state index in [0.717, 1.165) is 13.0 Å². The molecule has 1 aliphatic rings. The molecular weight excluding hydrogens is 300 g/mol. The van der Waals surface area contributed by atoms with Gasteiger partial charge in [0, 0.05) is 18.8 Å². The van der Waals surface area contributed by atoms with Gasteiger partial charge in [0.1, 0.15) is 5.65 Å². The number of rotatable bonds is 3. The average Bonchev–Trinajstić information content (AvgIpc) is 2.91. The zero-order chi connectivity index (χ0) is 14.3. The molecule has 0 amide bonds. The molecule has 20 heavy (non-hydrogen) atoms. The van der Waals surface area contributed by atoms with Crippen molar-refractivity contribution in [2.45, 2.75) is 17.5 Å². The van der Waals surface area contributed by atoms with E-state index in [0.29, 0.717) is 12.2 Å². The summed E-state index contributed by atoms with van der Waals surface area (Å²) >= 11 is 6.00. The Balaban J connectivity index is 1.99. The minimum Gasteiger partial charge on any atom is -0.305 e. The Morgan fingerprint density at radius 1 is 1.45 bits per heavy atom. The molecule has 3 heterocycles. The first-order valence-electron chi connectivity index (χ1n) is 6.31. The van der Waals surface area contributed by atoms with Crippen LogP contribution >= 0.6 is 11.6 Å². The van der Waals surface area contributed by atoms with Crippen LogP contribution in [0.1, 0.15) is 6.42 Å². The van der Waals surface area contributed by atoms with Crippen LogP contribution in [0.25, 0.3) is 5.65 Å². The number of hydrogen-bond donors (Lipinski definition) is 1. The summed E-state index contributed by atoms with van der Waals surface area (Å²) in [6.07, 6.45) is 2.44. The Morgan fingerprint density at radius 3 is 2.95 bits per heavy atom. The smallest absolute Gasteiger partial charge is 0.260 e. The largest absolute Gasteiger partial charge is 0.305 e. The monoisotopic (exact) mass is 314 g/mol. The van der Waals surface area contributed by atoms with Crippen LogP contribution in [0.5, 0.6) is 0 Å². The summed E-state index contributed by atoms with van der Waals surface area (Å²) in [7, 11) is -1.72. The molecule has 0 radical (unpaired) electrons. The van der Waals surface area contributed by atoms with Gasteiger partial charge in [0.25, 0.3) is 10.0 Å². The van der Waals surface area contributed by atoms with Crippen molar-refractivity contribution in [2.24, 2.45) is 0 Å². The Kier molecular flexibility index (Phi) is 3.45. The van der Waals surface area contributed by atoms with Gasteiger partial charge >= 0.3 is 0 Å². The molecule has 1 N–H and O–H groups in total. The normalized spacial score (nSPS) is 20.8. The highest BCUT2D eigenvalue weighted by molar-refractivity contribution is 7.89. The maximum atomic E-state index is 12.5. The molecule has 0 spiro atoms. The van der Waals surface area contributed by atoms with E-state index < -0.39 is 10.0 Å². The Bertz CT molecular complexity index is 743. The predicted octanol–water partition coefficient (Wildman–Crippen LogP) is 0.970. The van der Waals surface area contributed by atoms with Gasteiger partial charge in [-0.05, 0) is 32.1 Å². The lowest BCUT2D eigenvalue weighted by atomic mass is 10.3. The van der Waals surface area contributed by atoms with Crippen LogP contribution in [0.15, 0.2) is 29.4 Å². The Morgan fingerprint density at radius 2 is 2.25 bits per heavy atom. The van der Waals surface area contributed by atoms with E-state index >= 15 is 0 Å². The summed E-state index contributed by atoms with van der Waals surface area (Å²) in [6.45, 7) is 1.58. The van der Waals surface area contributed by atoms with E-state index in [1.165, 1.54) is 4.40 Å². The third-order valence-electron chi connectivity index (χ3n) is 3.41. The molecule has 1 saturated heterocycles. The third kappa shape index (κ3) is 2.42. The maximum Gasteiger partial charge on any atom is 0.260 e. The Hall–Kier alpha value is -1.15. The average molecular weight is 315 g/mol. The molecule has 0 aromatic carbocycles. The standard InChI is InChI=1S/C12H15ClN4O2S/c1-16-7-5-9(8-16)15-20(18,19)12-11(13)14-10-4-2-3-6-17(10)12/h2-4,6,9,15H,5,7-8H2,1H3. The zero-order valence-electron chi connectivity index (χ0n) is 11.0. The van der Waals surface area contributed by atoms with Crippen molar-refractivity contribution >= 4 is 27.3 Å². The summed E-state index contributed by atoms with van der Waals surface area (Å²) in [5.41, 5.74) is 0.515. The third-order valence-corrected chi connectivity index (χ3v) is 5.33. The molecule has 0 saturated carbocycles. The van der Waals surface area contributed by atoms with E-state index in [1.54, 1.807) is 24.4 Å². The summed E-state index contributed by atoms with van der Waals surface area (Å²) < 4.78 is 29.2. The van der Waals surface area contributed by atoms with E-state index in [9.17, 15) is 8.42 Å². The number of nitrogens with zero attached hydrogens (tertiary/aromatic N) is 3. The summed E-state index contributed by atoms with van der Waals surface area (Å²) in [5, 5.41) is -0.000582. The molecule has 0 aliphatic carbocycles. The highest BCUT2D eigenvalue weighted by atomic mass is 35.5. The molecule has 3 rings (SSSR count). The first-order chi connectivity index (χ1) is 9.47. The molecule has 1 aliphatic heterocycles. The van der Waals surface area contributed by atoms with E-state index in [2.05, 4.69) is 14.6 Å². The fourth-order valence-electron chi connectivity index (χ4n) is 2.49. The van der Waals surface area contributed by atoms with Gasteiger partial charge in [-0.2, -0.15) is 0 Å². The molecule has 1 fully saturated rings. The SMILES string of the molecule is CN1CCC(NS(=O)(=O)c2c(Cl)nc3ccccn23)C1. The van der Waals surface area contributed by atoms with Gasteiger partial charge in [0.05, 0.1) is 0 Å². The number of likely N-dealkylation sites (N-methyl/N-ethyl adjacent to an activating group) is 1. The minimum absolute atomic E-state index is 0.00400. The Labute approximate surface area is 122 Å². The zero-order valence-corrected chi connectivity index (χ0v) is 12.5. The van der Waals surface area contributed by atoms with Crippen molar-refractivity contribution < 1.29 is 8.42 Å². The molecule has 108 valence electrons. The van der Waals surface area contributed by atoms with Crippen molar-refractivity contribution in [3.05, 3.63) is 29.5 Å². The molecule has 0 bridgehead atoms. The highest BCUT2D eigenvalue weighted by Gasteiger charge is 2.29. The van der Waals surface area contributed by atoms with Crippen LogP contribution in [0, 0.1) is 0 Å². The molecule has 1 unspecified atom stereocenters. The summed E-state index contributed by atoms with van der Waals surface area (Å²) in [4.78, 5) is 6.15. The van der Waals surface area contributed by atoms with Crippen LogP contribution < -0.4 is 4.72 Å². The van der Waals surface area contributed by atoms with Crippen molar-refractivity contribution in [3.8, 4) is 0 Å². The van der Waals surface area contributed by atoms with Crippen molar-refractivity contribution in [2.75, 3.05) is 20.1 Å². The molecule has 2 aromatic rings. The minimum atomic E-state index is -3.69. The number of likely N-dealkylation sites (tertiary alicyclic amines) is 1. The number of sulfonamides is 1. The van der Waals surface area contributed by atoms with Crippen LogP contribution in [-0.4, -0.2) is 48.9 Å². The van der Waals surface area contributed by atoms with Crippen LogP contribution in [-0.2, 0) is 10.0 Å². The second-order valence-electron chi connectivity index (χ2n) is 5.01. The number of fused-ring (bicyclic) bond motifs is 1. The first-order valence-corrected chi connectivity index (χ1v) is 8.17. The molecular formula is C12H15ClN4O2S. The van der Waals surface area contributed by atoms with Gasteiger partial charge in [-0.3, -0.25) is 4.40 Å². The number of nitrogens with one attached hydrogen (secondary N) is 1. The van der Waals surface area contributed by atoms with Crippen LogP contribution in [0.4, 0.5) is 0 Å². The van der Waals surface area contributed by atoms with Crippen LogP contribution in [0.2, 0.25) is 5.15 Å². The molecule has 1 atom stereocenters. The van der Waals surface area contributed by atoms with Crippen LogP contribution in [0.3, 0.4) is 0 Å². The van der Waals surface area contributed by atoms with E-state index in [1.807, 2.05) is 7.05 Å². The van der Waals surface area contributed by atoms with Gasteiger partial charge in [-0.1, -0.05) is 17.7 Å². The number of pyridine rings is 1. The summed E-state index contributed by atoms with van der Waals surface area (Å²) in [6, 6.07) is 5.16. The molecule has 8 heteroatoms. The van der Waals surface area contributed by atoms with Gasteiger partial charge in [0.15, 0.2) is 10.2 Å². The van der Waals surface area contributed by atoms with Gasteiger partial charge in [-0.15, -0.1) is 0 Å². The number of hydrogen-bond acceptors (Lipinski definition) is 4. The van der Waals surface area contributed by atoms with Crippen molar-refractivity contribution in [1.29, 1.82) is 0 Å². The van der Waals surface area contributed by atoms with E-state index in [-0.39, 0.29) is 16.2 Å². The van der Waals surface area contributed by atoms with Crippen molar-refractivity contribution in [3.63, 3.8) is 0 Å².